The molecule has 0 fully saturated rings. The number of hydrogen-bond acceptors (Lipinski definition) is 4. The summed E-state index contributed by atoms with van der Waals surface area (Å²) >= 11 is 0. The highest BCUT2D eigenvalue weighted by atomic mass is 16.5. The molecular weight excluding hydrogens is 220 g/mol. The van der Waals surface area contributed by atoms with E-state index < -0.39 is 6.10 Å². The predicted octanol–water partition coefficient (Wildman–Crippen LogP) is 2.05. The minimum Gasteiger partial charge on any atom is -0.493 e. The summed E-state index contributed by atoms with van der Waals surface area (Å²) < 4.78 is 10.6. The van der Waals surface area contributed by atoms with Gasteiger partial charge in [0, 0.05) is 5.56 Å². The fourth-order valence-corrected chi connectivity index (χ4v) is 1.31. The molecule has 0 spiro atoms. The lowest BCUT2D eigenvalue weighted by molar-refractivity contribution is 0.100. The maximum Gasteiger partial charge on any atom is 0.161 e. The van der Waals surface area contributed by atoms with E-state index in [0.29, 0.717) is 23.5 Å². The zero-order valence-electron chi connectivity index (χ0n) is 10.4. The van der Waals surface area contributed by atoms with Crippen LogP contribution in [0, 0.1) is 0 Å². The maximum atomic E-state index is 11.2. The fraction of sp³-hybridized carbons (Fsp3) is 0.462. The van der Waals surface area contributed by atoms with E-state index in [0.717, 1.165) is 0 Å². The summed E-state index contributed by atoms with van der Waals surface area (Å²) in [6, 6.07) is 4.99. The van der Waals surface area contributed by atoms with Crippen molar-refractivity contribution in [2.45, 2.75) is 26.4 Å². The standard InChI is InChI=1S/C13H18O4/c1-4-11(15)8-17-12-6-5-10(9(2)14)7-13(12)16-3/h5-7,11,15H,4,8H2,1-3H3. The maximum absolute atomic E-state index is 11.2. The van der Waals surface area contributed by atoms with Crippen LogP contribution < -0.4 is 9.47 Å². The molecule has 94 valence electrons. The molecule has 0 aliphatic rings. The quantitative estimate of drug-likeness (QED) is 0.771. The van der Waals surface area contributed by atoms with Crippen LogP contribution in [0.1, 0.15) is 30.6 Å². The Kier molecular flexibility index (Phi) is 4.97. The lowest BCUT2D eigenvalue weighted by Crippen LogP contribution is -2.16. The highest BCUT2D eigenvalue weighted by Crippen LogP contribution is 2.28. The van der Waals surface area contributed by atoms with Gasteiger partial charge in [-0.1, -0.05) is 6.92 Å². The predicted molar refractivity (Wildman–Crippen MR) is 64.8 cm³/mol. The monoisotopic (exact) mass is 238 g/mol. The highest BCUT2D eigenvalue weighted by Gasteiger charge is 2.09. The first-order valence-electron chi connectivity index (χ1n) is 5.58. The average molecular weight is 238 g/mol. The number of aliphatic hydroxyl groups is 1. The Morgan fingerprint density at radius 2 is 2.12 bits per heavy atom. The molecule has 0 saturated heterocycles. The molecule has 1 N–H and O–H groups in total. The van der Waals surface area contributed by atoms with Crippen molar-refractivity contribution in [2.24, 2.45) is 0 Å². The number of ether oxygens (including phenoxy) is 2. The number of hydrogen-bond donors (Lipinski definition) is 1. The molecule has 4 heteroatoms. The van der Waals surface area contributed by atoms with E-state index in [-0.39, 0.29) is 12.4 Å². The van der Waals surface area contributed by atoms with Crippen LogP contribution in [0.5, 0.6) is 11.5 Å². The van der Waals surface area contributed by atoms with E-state index in [1.165, 1.54) is 14.0 Å². The van der Waals surface area contributed by atoms with Gasteiger partial charge in [0.1, 0.15) is 6.61 Å². The molecule has 0 saturated carbocycles. The van der Waals surface area contributed by atoms with E-state index in [1.807, 2.05) is 6.92 Å². The van der Waals surface area contributed by atoms with Crippen LogP contribution in [0.15, 0.2) is 18.2 Å². The smallest absolute Gasteiger partial charge is 0.161 e. The first-order chi connectivity index (χ1) is 8.08. The Morgan fingerprint density at radius 3 is 2.65 bits per heavy atom. The minimum absolute atomic E-state index is 0.0246. The van der Waals surface area contributed by atoms with E-state index in [4.69, 9.17) is 9.47 Å². The molecular formula is C13H18O4. The fourth-order valence-electron chi connectivity index (χ4n) is 1.31. The van der Waals surface area contributed by atoms with Gasteiger partial charge in [-0.3, -0.25) is 4.79 Å². The molecule has 1 atom stereocenters. The molecule has 1 rings (SSSR count). The van der Waals surface area contributed by atoms with Gasteiger partial charge in [-0.15, -0.1) is 0 Å². The summed E-state index contributed by atoms with van der Waals surface area (Å²) in [6.07, 6.45) is 0.139. The van der Waals surface area contributed by atoms with Crippen molar-refractivity contribution in [3.8, 4) is 11.5 Å². The number of carbonyl (C=O) groups excluding carboxylic acids is 1. The zero-order chi connectivity index (χ0) is 12.8. The Balaban J connectivity index is 2.82. The van der Waals surface area contributed by atoms with Crippen molar-refractivity contribution >= 4 is 5.78 Å². The Hall–Kier alpha value is -1.55. The van der Waals surface area contributed by atoms with Crippen LogP contribution >= 0.6 is 0 Å². The molecule has 0 amide bonds. The van der Waals surface area contributed by atoms with Crippen LogP contribution in [-0.4, -0.2) is 30.7 Å². The summed E-state index contributed by atoms with van der Waals surface area (Å²) in [6.45, 7) is 3.59. The largest absolute Gasteiger partial charge is 0.493 e. The number of carbonyl (C=O) groups is 1. The lowest BCUT2D eigenvalue weighted by Gasteiger charge is -2.13. The minimum atomic E-state index is -0.493. The molecule has 0 aliphatic carbocycles. The van der Waals surface area contributed by atoms with Gasteiger partial charge in [-0.05, 0) is 31.5 Å². The third-order valence-electron chi connectivity index (χ3n) is 2.47. The van der Waals surface area contributed by atoms with Gasteiger partial charge in [-0.2, -0.15) is 0 Å². The van der Waals surface area contributed by atoms with Crippen molar-refractivity contribution in [1.29, 1.82) is 0 Å². The lowest BCUT2D eigenvalue weighted by atomic mass is 10.1. The molecule has 0 aliphatic heterocycles. The van der Waals surface area contributed by atoms with Gasteiger partial charge in [0.25, 0.3) is 0 Å². The highest BCUT2D eigenvalue weighted by molar-refractivity contribution is 5.94. The molecule has 0 aromatic heterocycles. The number of benzene rings is 1. The van der Waals surface area contributed by atoms with E-state index in [1.54, 1.807) is 18.2 Å². The second-order valence-electron chi connectivity index (χ2n) is 3.79. The van der Waals surface area contributed by atoms with Gasteiger partial charge in [0.15, 0.2) is 17.3 Å². The van der Waals surface area contributed by atoms with Crippen molar-refractivity contribution in [3.05, 3.63) is 23.8 Å². The molecule has 1 aromatic rings. The Morgan fingerprint density at radius 1 is 1.41 bits per heavy atom. The average Bonchev–Trinajstić information content (AvgIpc) is 2.35. The summed E-state index contributed by atoms with van der Waals surface area (Å²) in [4.78, 5) is 11.2. The van der Waals surface area contributed by atoms with Crippen molar-refractivity contribution < 1.29 is 19.4 Å². The van der Waals surface area contributed by atoms with E-state index in [2.05, 4.69) is 0 Å². The van der Waals surface area contributed by atoms with Crippen LogP contribution in [0.3, 0.4) is 0 Å². The third kappa shape index (κ3) is 3.75. The molecule has 0 heterocycles. The van der Waals surface area contributed by atoms with Crippen LogP contribution in [0.2, 0.25) is 0 Å². The number of methoxy groups -OCH3 is 1. The summed E-state index contributed by atoms with van der Waals surface area (Å²) in [5, 5.41) is 9.41. The normalized spacial score (nSPS) is 12.0. The van der Waals surface area contributed by atoms with Gasteiger partial charge in [-0.25, -0.2) is 0 Å². The molecule has 17 heavy (non-hydrogen) atoms. The second-order valence-corrected chi connectivity index (χ2v) is 3.79. The zero-order valence-corrected chi connectivity index (χ0v) is 10.4. The summed E-state index contributed by atoms with van der Waals surface area (Å²) in [5.74, 6) is 1.01. The first-order valence-corrected chi connectivity index (χ1v) is 5.58. The SMILES string of the molecule is CCC(O)COc1ccc(C(C)=O)cc1OC. The Labute approximate surface area is 101 Å². The van der Waals surface area contributed by atoms with Crippen molar-refractivity contribution in [2.75, 3.05) is 13.7 Å². The molecule has 1 unspecified atom stereocenters. The van der Waals surface area contributed by atoms with Crippen molar-refractivity contribution in [1.82, 2.24) is 0 Å². The third-order valence-corrected chi connectivity index (χ3v) is 2.47. The topological polar surface area (TPSA) is 55.8 Å². The number of rotatable bonds is 6. The molecule has 0 radical (unpaired) electrons. The van der Waals surface area contributed by atoms with E-state index in [9.17, 15) is 9.90 Å². The molecule has 4 nitrogen and oxygen atoms in total. The number of ketones is 1. The molecule has 1 aromatic carbocycles. The van der Waals surface area contributed by atoms with Gasteiger partial charge >= 0.3 is 0 Å². The second kappa shape index (κ2) is 6.25. The summed E-state index contributed by atoms with van der Waals surface area (Å²) in [5.41, 5.74) is 0.574. The van der Waals surface area contributed by atoms with Gasteiger partial charge in [0.2, 0.25) is 0 Å². The Bertz CT molecular complexity index is 387. The van der Waals surface area contributed by atoms with Crippen molar-refractivity contribution in [3.63, 3.8) is 0 Å². The van der Waals surface area contributed by atoms with Gasteiger partial charge in [0.05, 0.1) is 13.2 Å². The number of Topliss-reactive ketones (excluding diaryl/α,β-unsaturated/α-hetero) is 1. The van der Waals surface area contributed by atoms with E-state index >= 15 is 0 Å². The molecule has 0 bridgehead atoms. The number of aliphatic hydroxyl groups excluding tert-OH is 1. The van der Waals surface area contributed by atoms with Crippen LogP contribution in [0.25, 0.3) is 0 Å². The first kappa shape index (κ1) is 13.5. The van der Waals surface area contributed by atoms with Crippen LogP contribution in [-0.2, 0) is 0 Å². The van der Waals surface area contributed by atoms with Crippen LogP contribution in [0.4, 0.5) is 0 Å². The summed E-state index contributed by atoms with van der Waals surface area (Å²) in [7, 11) is 1.52. The van der Waals surface area contributed by atoms with Gasteiger partial charge < -0.3 is 14.6 Å².